The molecule has 0 fully saturated rings. The third-order valence-electron chi connectivity index (χ3n) is 4.14. The van der Waals surface area contributed by atoms with Crippen LogP contribution in [0.15, 0.2) is 46.1 Å². The highest BCUT2D eigenvalue weighted by molar-refractivity contribution is 6.32. The van der Waals surface area contributed by atoms with E-state index in [4.69, 9.17) is 36.1 Å². The van der Waals surface area contributed by atoms with Crippen molar-refractivity contribution in [3.8, 4) is 23.1 Å². The van der Waals surface area contributed by atoms with E-state index in [2.05, 4.69) is 4.98 Å². The highest BCUT2D eigenvalue weighted by atomic mass is 35.5. The Morgan fingerprint density at radius 2 is 1.76 bits per heavy atom. The molecule has 0 aliphatic carbocycles. The number of alkyl halides is 3. The molecule has 0 aliphatic rings. The predicted octanol–water partition coefficient (Wildman–Crippen LogP) is 3.09. The number of rotatable bonds is 6. The number of aliphatic carboxylic acids is 2. The van der Waals surface area contributed by atoms with Gasteiger partial charge in [0.2, 0.25) is 0 Å². The van der Waals surface area contributed by atoms with Crippen LogP contribution in [0, 0.1) is 5.82 Å². The monoisotopic (exact) mass is 549 g/mol. The molecule has 0 radical (unpaired) electrons. The van der Waals surface area contributed by atoms with Gasteiger partial charge in [0.05, 0.1) is 10.7 Å². The lowest BCUT2D eigenvalue weighted by atomic mass is 10.2. The molecule has 198 valence electrons. The summed E-state index contributed by atoms with van der Waals surface area (Å²) in [4.78, 5) is 48.3. The molecule has 2 aromatic heterocycles. The molecule has 0 atom stereocenters. The van der Waals surface area contributed by atoms with Gasteiger partial charge < -0.3 is 19.7 Å². The molecule has 3 rings (SSSR count). The van der Waals surface area contributed by atoms with Crippen molar-refractivity contribution < 1.29 is 46.8 Å². The third-order valence-corrected chi connectivity index (χ3v) is 4.44. The predicted molar refractivity (Wildman–Crippen MR) is 118 cm³/mol. The van der Waals surface area contributed by atoms with Crippen molar-refractivity contribution in [2.24, 2.45) is 7.05 Å². The van der Waals surface area contributed by atoms with Crippen molar-refractivity contribution in [3.05, 3.63) is 73.9 Å². The van der Waals surface area contributed by atoms with Crippen LogP contribution >= 0.6 is 11.6 Å². The van der Waals surface area contributed by atoms with E-state index in [1.165, 1.54) is 18.3 Å². The van der Waals surface area contributed by atoms with Crippen LogP contribution in [-0.4, -0.2) is 42.9 Å². The van der Waals surface area contributed by atoms with E-state index in [0.717, 1.165) is 20.0 Å². The second kappa shape index (κ2) is 11.6. The summed E-state index contributed by atoms with van der Waals surface area (Å²) in [5, 5.41) is 15.8. The van der Waals surface area contributed by atoms with Gasteiger partial charge in [-0.3, -0.25) is 14.2 Å². The first-order valence-electron chi connectivity index (χ1n) is 9.70. The molecule has 2 heterocycles. The first kappa shape index (κ1) is 28.8. The molecular formula is C21H16ClF4N3O8. The van der Waals surface area contributed by atoms with Gasteiger partial charge in [-0.25, -0.2) is 23.5 Å². The normalized spacial score (nSPS) is 10.8. The van der Waals surface area contributed by atoms with E-state index in [1.54, 1.807) is 0 Å². The molecule has 16 heteroatoms. The van der Waals surface area contributed by atoms with E-state index in [1.807, 2.05) is 0 Å². The Labute approximate surface area is 208 Å². The summed E-state index contributed by atoms with van der Waals surface area (Å²) in [6.07, 6.45) is -3.72. The van der Waals surface area contributed by atoms with Crippen molar-refractivity contribution in [3.63, 3.8) is 0 Å². The van der Waals surface area contributed by atoms with Crippen molar-refractivity contribution >= 4 is 23.5 Å². The lowest BCUT2D eigenvalue weighted by Gasteiger charge is -2.16. The second-order valence-electron chi connectivity index (χ2n) is 6.89. The summed E-state index contributed by atoms with van der Waals surface area (Å²) in [6.45, 7) is 0.326. The minimum atomic E-state index is -4.99. The Kier molecular flexibility index (Phi) is 9.01. The van der Waals surface area contributed by atoms with E-state index >= 15 is 0 Å². The van der Waals surface area contributed by atoms with Crippen molar-refractivity contribution in [2.75, 3.05) is 6.61 Å². The number of nitrogens with zero attached hydrogens (tertiary/aromatic N) is 3. The van der Waals surface area contributed by atoms with Gasteiger partial charge in [0, 0.05) is 32.3 Å². The van der Waals surface area contributed by atoms with Crippen LogP contribution in [0.4, 0.5) is 17.6 Å². The lowest BCUT2D eigenvalue weighted by Crippen LogP contribution is -2.41. The number of ether oxygens (including phenoxy) is 2. The minimum Gasteiger partial charge on any atom is -0.481 e. The zero-order valence-corrected chi connectivity index (χ0v) is 19.5. The number of carboxylic acids is 2. The largest absolute Gasteiger partial charge is 0.481 e. The summed E-state index contributed by atoms with van der Waals surface area (Å²) in [6, 6.07) is 4.37. The number of carbonyl (C=O) groups is 2. The van der Waals surface area contributed by atoms with Gasteiger partial charge in [-0.2, -0.15) is 13.2 Å². The summed E-state index contributed by atoms with van der Waals surface area (Å²) in [5.41, 5.74) is -5.15. The first-order valence-corrected chi connectivity index (χ1v) is 10.1. The number of benzene rings is 1. The van der Waals surface area contributed by atoms with Crippen LogP contribution in [0.3, 0.4) is 0 Å². The Bertz CT molecular complexity index is 1450. The van der Waals surface area contributed by atoms with Crippen LogP contribution in [0.25, 0.3) is 5.69 Å². The van der Waals surface area contributed by atoms with Crippen LogP contribution in [0.1, 0.15) is 12.6 Å². The zero-order chi connectivity index (χ0) is 28.1. The van der Waals surface area contributed by atoms with Gasteiger partial charge in [0.1, 0.15) is 17.3 Å². The molecule has 0 spiro atoms. The van der Waals surface area contributed by atoms with Crippen LogP contribution < -0.4 is 20.7 Å². The number of aromatic nitrogens is 3. The maximum absolute atomic E-state index is 14.6. The van der Waals surface area contributed by atoms with Gasteiger partial charge in [-0.05, 0) is 18.2 Å². The Morgan fingerprint density at radius 1 is 1.14 bits per heavy atom. The van der Waals surface area contributed by atoms with Crippen molar-refractivity contribution in [2.45, 2.75) is 13.1 Å². The number of hydrogen-bond donors (Lipinski definition) is 2. The van der Waals surface area contributed by atoms with Crippen LogP contribution in [-0.2, 0) is 22.8 Å². The topological polar surface area (TPSA) is 150 Å². The number of pyridine rings is 1. The lowest BCUT2D eigenvalue weighted by molar-refractivity contribution is -0.144. The number of halogens is 5. The highest BCUT2D eigenvalue weighted by Crippen LogP contribution is 2.36. The van der Waals surface area contributed by atoms with Gasteiger partial charge in [0.15, 0.2) is 12.4 Å². The Balaban J connectivity index is 0.00000112. The second-order valence-corrected chi connectivity index (χ2v) is 7.29. The van der Waals surface area contributed by atoms with E-state index in [-0.39, 0.29) is 37.6 Å². The van der Waals surface area contributed by atoms with E-state index in [9.17, 15) is 31.9 Å². The maximum Gasteiger partial charge on any atom is 0.431 e. The Morgan fingerprint density at radius 3 is 2.32 bits per heavy atom. The molecule has 0 saturated carbocycles. The van der Waals surface area contributed by atoms with Gasteiger partial charge in [-0.1, -0.05) is 11.6 Å². The Hall–Kier alpha value is -4.40. The summed E-state index contributed by atoms with van der Waals surface area (Å²) < 4.78 is 64.6. The fourth-order valence-corrected chi connectivity index (χ4v) is 2.89. The highest BCUT2D eigenvalue weighted by Gasteiger charge is 2.35. The molecule has 0 saturated heterocycles. The van der Waals surface area contributed by atoms with Crippen molar-refractivity contribution in [1.29, 1.82) is 0 Å². The van der Waals surface area contributed by atoms with E-state index in [0.29, 0.717) is 6.07 Å². The fourth-order valence-electron chi connectivity index (χ4n) is 2.70. The summed E-state index contributed by atoms with van der Waals surface area (Å²) >= 11 is 5.97. The molecule has 3 aromatic rings. The van der Waals surface area contributed by atoms with Gasteiger partial charge >= 0.3 is 17.8 Å². The molecule has 37 heavy (non-hydrogen) atoms. The molecule has 1 aromatic carbocycles. The quantitative estimate of drug-likeness (QED) is 0.442. The first-order chi connectivity index (χ1) is 17.1. The molecule has 0 bridgehead atoms. The summed E-state index contributed by atoms with van der Waals surface area (Å²) in [7, 11) is 0.772. The standard InChI is InChI=1S/C19H12ClF4N3O6.C2H4O2/c1-26-14(19(22,23)24)7-15(28)27(18(26)31)11-6-13(9(20)5-10(11)21)33-12-3-2-4-25-17(12)32-8-16(29)30;1-2(3)4/h2-7H,8H2,1H3,(H,29,30);1H3,(H,3,4). The van der Waals surface area contributed by atoms with Crippen molar-refractivity contribution in [1.82, 2.24) is 14.1 Å². The summed E-state index contributed by atoms with van der Waals surface area (Å²) in [5.74, 6) is -4.06. The molecule has 0 unspecified atom stereocenters. The molecule has 2 N–H and O–H groups in total. The zero-order valence-electron chi connectivity index (χ0n) is 18.7. The third kappa shape index (κ3) is 7.30. The maximum atomic E-state index is 14.6. The average molecular weight is 550 g/mol. The smallest absolute Gasteiger partial charge is 0.431 e. The van der Waals surface area contributed by atoms with Crippen LogP contribution in [0.2, 0.25) is 5.02 Å². The number of hydrogen-bond acceptors (Lipinski definition) is 7. The molecule has 0 aliphatic heterocycles. The van der Waals surface area contributed by atoms with Crippen LogP contribution in [0.5, 0.6) is 17.4 Å². The molecule has 11 nitrogen and oxygen atoms in total. The van der Waals surface area contributed by atoms with Gasteiger partial charge in [-0.15, -0.1) is 0 Å². The molecule has 0 amide bonds. The SMILES string of the molecule is CC(=O)O.Cn1c(C(F)(F)F)cc(=O)n(-c2cc(Oc3cccnc3OCC(=O)O)c(Cl)cc2F)c1=O. The average Bonchev–Trinajstić information content (AvgIpc) is 2.77. The van der Waals surface area contributed by atoms with E-state index < -0.39 is 53.2 Å². The molecular weight excluding hydrogens is 534 g/mol. The van der Waals surface area contributed by atoms with Gasteiger partial charge in [0.25, 0.3) is 17.4 Å². The number of carboxylic acid groups (broad SMARTS) is 2. The fraction of sp³-hybridized carbons (Fsp3) is 0.190. The minimum absolute atomic E-state index is 0.147.